The molecular formula is C14H22N2O2. The molecule has 1 amide bonds. The summed E-state index contributed by atoms with van der Waals surface area (Å²) in [5, 5.41) is 1.05. The van der Waals surface area contributed by atoms with Crippen molar-refractivity contribution in [2.24, 2.45) is 5.84 Å². The number of carbonyl (C=O) groups excluding carboxylic acids is 1. The molecule has 0 atom stereocenters. The first-order valence-electron chi connectivity index (χ1n) is 6.17. The van der Waals surface area contributed by atoms with E-state index in [1.165, 1.54) is 5.57 Å². The van der Waals surface area contributed by atoms with Gasteiger partial charge < -0.3 is 4.74 Å². The summed E-state index contributed by atoms with van der Waals surface area (Å²) in [4.78, 5) is 11.8. The van der Waals surface area contributed by atoms with Crippen LogP contribution in [0.2, 0.25) is 0 Å². The maximum Gasteiger partial charge on any atom is 0.429 e. The van der Waals surface area contributed by atoms with Crippen LogP contribution in [0, 0.1) is 0 Å². The summed E-state index contributed by atoms with van der Waals surface area (Å²) < 4.78 is 5.23. The molecule has 0 radical (unpaired) electrons. The highest BCUT2D eigenvalue weighted by atomic mass is 16.6. The molecule has 0 aromatic carbocycles. The molecule has 0 aliphatic heterocycles. The summed E-state index contributed by atoms with van der Waals surface area (Å²) in [7, 11) is 0. The fraction of sp³-hybridized carbons (Fsp3) is 0.500. The van der Waals surface area contributed by atoms with Gasteiger partial charge >= 0.3 is 6.09 Å². The molecule has 4 heteroatoms. The monoisotopic (exact) mass is 250 g/mol. The van der Waals surface area contributed by atoms with E-state index >= 15 is 0 Å². The topological polar surface area (TPSA) is 55.6 Å². The molecule has 18 heavy (non-hydrogen) atoms. The molecule has 0 spiro atoms. The second kappa shape index (κ2) is 5.87. The Hall–Kier alpha value is -1.55. The number of nitrogens with two attached hydrogens (primary N) is 1. The molecule has 0 aromatic rings. The van der Waals surface area contributed by atoms with Crippen molar-refractivity contribution in [3.63, 3.8) is 0 Å². The molecule has 1 aliphatic carbocycles. The number of amides is 1. The number of ether oxygens (including phenoxy) is 1. The van der Waals surface area contributed by atoms with Crippen molar-refractivity contribution in [1.82, 2.24) is 5.01 Å². The van der Waals surface area contributed by atoms with Crippen LogP contribution in [-0.2, 0) is 4.74 Å². The number of carbonyl (C=O) groups is 1. The predicted molar refractivity (Wildman–Crippen MR) is 72.5 cm³/mol. The first-order valence-corrected chi connectivity index (χ1v) is 6.17. The van der Waals surface area contributed by atoms with Gasteiger partial charge in [-0.1, -0.05) is 24.6 Å². The Kier molecular flexibility index (Phi) is 4.73. The number of hydrogen-bond acceptors (Lipinski definition) is 3. The number of nitrogens with zero attached hydrogens (tertiary/aromatic N) is 1. The smallest absolute Gasteiger partial charge is 0.429 e. The van der Waals surface area contributed by atoms with E-state index < -0.39 is 11.7 Å². The van der Waals surface area contributed by atoms with Crippen molar-refractivity contribution in [3.8, 4) is 0 Å². The Bertz CT molecular complexity index is 401. The molecule has 0 saturated carbocycles. The first kappa shape index (κ1) is 14.5. The quantitative estimate of drug-likeness (QED) is 0.465. The lowest BCUT2D eigenvalue weighted by Gasteiger charge is -2.24. The summed E-state index contributed by atoms with van der Waals surface area (Å²) in [5.41, 5.74) is 1.33. The highest BCUT2D eigenvalue weighted by Gasteiger charge is 2.22. The average Bonchev–Trinajstić information content (AvgIpc) is 2.50. The molecule has 0 aromatic heterocycles. The molecule has 4 nitrogen and oxygen atoms in total. The lowest BCUT2D eigenvalue weighted by atomic mass is 10.1. The van der Waals surface area contributed by atoms with Crippen LogP contribution in [0.1, 0.15) is 40.5 Å². The summed E-state index contributed by atoms with van der Waals surface area (Å²) in [5.74, 6) is 5.80. The van der Waals surface area contributed by atoms with Crippen LogP contribution >= 0.6 is 0 Å². The van der Waals surface area contributed by atoms with E-state index in [4.69, 9.17) is 10.6 Å². The van der Waals surface area contributed by atoms with Crippen molar-refractivity contribution in [3.05, 3.63) is 35.6 Å². The van der Waals surface area contributed by atoms with Crippen LogP contribution in [0.15, 0.2) is 35.6 Å². The molecule has 0 bridgehead atoms. The molecular weight excluding hydrogens is 228 g/mol. The van der Waals surface area contributed by atoms with Crippen molar-refractivity contribution in [1.29, 1.82) is 0 Å². The summed E-state index contributed by atoms with van der Waals surface area (Å²) in [6, 6.07) is 0. The zero-order chi connectivity index (χ0) is 13.8. The molecule has 0 saturated heterocycles. The summed E-state index contributed by atoms with van der Waals surface area (Å²) in [6.07, 6.45) is 8.97. The van der Waals surface area contributed by atoms with Crippen molar-refractivity contribution in [2.75, 3.05) is 0 Å². The Morgan fingerprint density at radius 3 is 2.72 bits per heavy atom. The van der Waals surface area contributed by atoms with Gasteiger partial charge in [0.2, 0.25) is 0 Å². The second-order valence-corrected chi connectivity index (χ2v) is 5.23. The minimum atomic E-state index is -0.548. The molecule has 1 rings (SSSR count). The second-order valence-electron chi connectivity index (χ2n) is 5.23. The zero-order valence-electron chi connectivity index (χ0n) is 11.6. The van der Waals surface area contributed by atoms with Crippen LogP contribution in [0.4, 0.5) is 4.79 Å². The van der Waals surface area contributed by atoms with E-state index in [1.807, 2.05) is 45.1 Å². The van der Waals surface area contributed by atoms with Gasteiger partial charge in [0, 0.05) is 0 Å². The third-order valence-electron chi connectivity index (χ3n) is 2.46. The normalized spacial score (nSPS) is 15.6. The molecule has 100 valence electrons. The Balaban J connectivity index is 2.83. The van der Waals surface area contributed by atoms with E-state index in [9.17, 15) is 4.79 Å². The minimum absolute atomic E-state index is 0.546. The maximum absolute atomic E-state index is 11.8. The van der Waals surface area contributed by atoms with Crippen LogP contribution in [0.25, 0.3) is 0 Å². The van der Waals surface area contributed by atoms with E-state index in [-0.39, 0.29) is 0 Å². The summed E-state index contributed by atoms with van der Waals surface area (Å²) in [6.45, 7) is 7.52. The molecule has 0 fully saturated rings. The average molecular weight is 250 g/mol. The van der Waals surface area contributed by atoms with Gasteiger partial charge in [-0.05, 0) is 45.8 Å². The van der Waals surface area contributed by atoms with Gasteiger partial charge in [0.25, 0.3) is 0 Å². The number of rotatable bonds is 2. The van der Waals surface area contributed by atoms with Crippen molar-refractivity contribution < 1.29 is 9.53 Å². The Labute approximate surface area is 109 Å². The largest absolute Gasteiger partial charge is 0.442 e. The predicted octanol–water partition coefficient (Wildman–Crippen LogP) is 3.28. The number of allylic oxidation sites excluding steroid dienone is 5. The Morgan fingerprint density at radius 2 is 2.17 bits per heavy atom. The van der Waals surface area contributed by atoms with Gasteiger partial charge in [-0.2, -0.15) is 0 Å². The van der Waals surface area contributed by atoms with Gasteiger partial charge in [0.05, 0.1) is 5.70 Å². The highest BCUT2D eigenvalue weighted by Crippen LogP contribution is 2.18. The van der Waals surface area contributed by atoms with E-state index in [2.05, 4.69) is 6.92 Å². The van der Waals surface area contributed by atoms with Crippen LogP contribution < -0.4 is 5.84 Å². The zero-order valence-corrected chi connectivity index (χ0v) is 11.6. The van der Waals surface area contributed by atoms with Gasteiger partial charge in [-0.3, -0.25) is 0 Å². The van der Waals surface area contributed by atoms with Gasteiger partial charge in [0.15, 0.2) is 0 Å². The fourth-order valence-electron chi connectivity index (χ4n) is 1.51. The van der Waals surface area contributed by atoms with Crippen molar-refractivity contribution >= 4 is 6.09 Å². The highest BCUT2D eigenvalue weighted by molar-refractivity contribution is 5.70. The van der Waals surface area contributed by atoms with Crippen molar-refractivity contribution in [2.45, 2.75) is 46.1 Å². The van der Waals surface area contributed by atoms with Crippen LogP contribution in [0.5, 0.6) is 0 Å². The van der Waals surface area contributed by atoms with Crippen LogP contribution in [0.3, 0.4) is 0 Å². The van der Waals surface area contributed by atoms with E-state index in [0.717, 1.165) is 17.9 Å². The SMILES string of the molecule is CCC1=CC(N(N)C(=O)OC(C)(C)C)=CC=CC1. The number of hydrogen-bond donors (Lipinski definition) is 1. The lowest BCUT2D eigenvalue weighted by molar-refractivity contribution is 0.0318. The maximum atomic E-state index is 11.8. The van der Waals surface area contributed by atoms with E-state index in [0.29, 0.717) is 5.70 Å². The lowest BCUT2D eigenvalue weighted by Crippen LogP contribution is -2.40. The minimum Gasteiger partial charge on any atom is -0.442 e. The molecule has 1 aliphatic rings. The molecule has 2 N–H and O–H groups in total. The van der Waals surface area contributed by atoms with Crippen LogP contribution in [-0.4, -0.2) is 16.7 Å². The van der Waals surface area contributed by atoms with Gasteiger partial charge in [-0.25, -0.2) is 15.6 Å². The first-order chi connectivity index (χ1) is 8.33. The standard InChI is InChI=1S/C14H22N2O2/c1-5-11-8-6-7-9-12(10-11)16(15)13(17)18-14(2,3)4/h6-7,9-10H,5,8,15H2,1-4H3. The third kappa shape index (κ3) is 4.37. The Morgan fingerprint density at radius 1 is 1.50 bits per heavy atom. The molecule has 0 unspecified atom stereocenters. The number of hydrazine groups is 1. The fourth-order valence-corrected chi connectivity index (χ4v) is 1.51. The van der Waals surface area contributed by atoms with Gasteiger partial charge in [-0.15, -0.1) is 0 Å². The molecule has 0 heterocycles. The third-order valence-corrected chi connectivity index (χ3v) is 2.46. The summed E-state index contributed by atoms with van der Waals surface area (Å²) >= 11 is 0. The van der Waals surface area contributed by atoms with Gasteiger partial charge in [0.1, 0.15) is 5.60 Å². The van der Waals surface area contributed by atoms with E-state index in [1.54, 1.807) is 0 Å².